The van der Waals surface area contributed by atoms with Gasteiger partial charge in [-0.05, 0) is 49.9 Å². The van der Waals surface area contributed by atoms with Gasteiger partial charge in [0.25, 0.3) is 0 Å². The zero-order valence-electron chi connectivity index (χ0n) is 12.9. The summed E-state index contributed by atoms with van der Waals surface area (Å²) in [6.45, 7) is 4.10. The van der Waals surface area contributed by atoms with Gasteiger partial charge < -0.3 is 5.32 Å². The molecule has 3 rings (SSSR count). The van der Waals surface area contributed by atoms with Crippen LogP contribution in [0.1, 0.15) is 29.6 Å². The van der Waals surface area contributed by atoms with Crippen molar-refractivity contribution in [1.82, 2.24) is 19.6 Å². The van der Waals surface area contributed by atoms with Crippen molar-refractivity contribution in [3.05, 3.63) is 39.2 Å². The Hall–Kier alpha value is -1.73. The Morgan fingerprint density at radius 2 is 2.30 bits per heavy atom. The van der Waals surface area contributed by atoms with Crippen LogP contribution in [0.5, 0.6) is 0 Å². The first-order valence-electron chi connectivity index (χ1n) is 7.35. The van der Waals surface area contributed by atoms with Gasteiger partial charge in [-0.25, -0.2) is 13.9 Å². The maximum atomic E-state index is 13.1. The number of aryl methyl sites for hydroxylation is 2. The minimum atomic E-state index is -0.824. The molecular formula is C15H17ClFN5S. The molecular weight excluding hydrogens is 337 g/mol. The van der Waals surface area contributed by atoms with E-state index in [-0.39, 0.29) is 5.28 Å². The fourth-order valence-corrected chi connectivity index (χ4v) is 3.15. The highest BCUT2D eigenvalue weighted by Gasteiger charge is 2.14. The predicted octanol–water partition coefficient (Wildman–Crippen LogP) is 4.05. The molecule has 8 heteroatoms. The maximum Gasteiger partial charge on any atom is 0.243 e. The van der Waals surface area contributed by atoms with E-state index in [1.165, 1.54) is 0 Å². The summed E-state index contributed by atoms with van der Waals surface area (Å²) in [5, 5.41) is 10.6. The Kier molecular flexibility index (Phi) is 4.77. The monoisotopic (exact) mass is 353 g/mol. The molecule has 1 unspecified atom stereocenters. The van der Waals surface area contributed by atoms with Crippen molar-refractivity contribution in [1.29, 1.82) is 0 Å². The molecule has 3 aromatic rings. The number of fused-ring (bicyclic) bond motifs is 1. The smallest absolute Gasteiger partial charge is 0.243 e. The molecule has 0 fully saturated rings. The van der Waals surface area contributed by atoms with Gasteiger partial charge in [0.15, 0.2) is 5.82 Å². The molecule has 3 heterocycles. The molecule has 0 aliphatic rings. The highest BCUT2D eigenvalue weighted by Crippen LogP contribution is 2.24. The molecule has 0 saturated heterocycles. The zero-order valence-corrected chi connectivity index (χ0v) is 14.5. The summed E-state index contributed by atoms with van der Waals surface area (Å²) < 4.78 is 14.9. The Balaban J connectivity index is 1.92. The first-order chi connectivity index (χ1) is 11.0. The number of hydrogen-bond donors (Lipinski definition) is 1. The minimum absolute atomic E-state index is 0.170. The van der Waals surface area contributed by atoms with E-state index in [9.17, 15) is 4.39 Å². The lowest BCUT2D eigenvalue weighted by Gasteiger charge is -2.06. The molecule has 1 atom stereocenters. The highest BCUT2D eigenvalue weighted by molar-refractivity contribution is 7.09. The van der Waals surface area contributed by atoms with Gasteiger partial charge >= 0.3 is 0 Å². The van der Waals surface area contributed by atoms with Crippen LogP contribution in [0.4, 0.5) is 10.2 Å². The summed E-state index contributed by atoms with van der Waals surface area (Å²) in [5.41, 5.74) is 2.86. The van der Waals surface area contributed by atoms with Gasteiger partial charge in [0, 0.05) is 17.3 Å². The molecule has 3 aromatic heterocycles. The van der Waals surface area contributed by atoms with Crippen molar-refractivity contribution < 1.29 is 4.39 Å². The molecule has 122 valence electrons. The number of rotatable bonds is 6. The molecule has 0 aliphatic heterocycles. The van der Waals surface area contributed by atoms with E-state index >= 15 is 0 Å². The third kappa shape index (κ3) is 3.61. The van der Waals surface area contributed by atoms with Crippen molar-refractivity contribution in [3.63, 3.8) is 0 Å². The summed E-state index contributed by atoms with van der Waals surface area (Å²) >= 11 is 7.61. The SMILES string of the molecule is Cc1c(CCC(C)F)cc2c(NCc3nccs3)nc(Cl)nn12. The van der Waals surface area contributed by atoms with Crippen LogP contribution < -0.4 is 5.32 Å². The fourth-order valence-electron chi connectivity index (χ4n) is 2.44. The Bertz CT molecular complexity index is 800. The number of halogens is 2. The summed E-state index contributed by atoms with van der Waals surface area (Å²) in [6.07, 6.45) is 2.09. The van der Waals surface area contributed by atoms with Gasteiger partial charge in [0.05, 0.1) is 12.7 Å². The third-order valence-corrected chi connectivity index (χ3v) is 4.59. The summed E-state index contributed by atoms with van der Waals surface area (Å²) in [7, 11) is 0. The largest absolute Gasteiger partial charge is 0.362 e. The van der Waals surface area contributed by atoms with Crippen LogP contribution in [-0.2, 0) is 13.0 Å². The van der Waals surface area contributed by atoms with Crippen LogP contribution in [0, 0.1) is 6.92 Å². The van der Waals surface area contributed by atoms with Crippen LogP contribution in [-0.4, -0.2) is 25.8 Å². The van der Waals surface area contributed by atoms with E-state index in [4.69, 9.17) is 11.6 Å². The highest BCUT2D eigenvalue weighted by atomic mass is 35.5. The predicted molar refractivity (Wildman–Crippen MR) is 91.1 cm³/mol. The number of nitrogens with zero attached hydrogens (tertiary/aromatic N) is 4. The van der Waals surface area contributed by atoms with E-state index in [0.717, 1.165) is 21.8 Å². The van der Waals surface area contributed by atoms with Gasteiger partial charge in [-0.3, -0.25) is 0 Å². The van der Waals surface area contributed by atoms with Crippen molar-refractivity contribution in [2.24, 2.45) is 0 Å². The molecule has 0 spiro atoms. The molecule has 0 radical (unpaired) electrons. The molecule has 0 bridgehead atoms. The molecule has 0 aromatic carbocycles. The summed E-state index contributed by atoms with van der Waals surface area (Å²) in [5.74, 6) is 0.655. The van der Waals surface area contributed by atoms with Crippen LogP contribution in [0.15, 0.2) is 17.6 Å². The van der Waals surface area contributed by atoms with E-state index in [2.05, 4.69) is 20.4 Å². The van der Waals surface area contributed by atoms with Gasteiger partial charge in [0.2, 0.25) is 5.28 Å². The topological polar surface area (TPSA) is 55.1 Å². The zero-order chi connectivity index (χ0) is 16.4. The normalized spacial score (nSPS) is 12.7. The second-order valence-corrected chi connectivity index (χ2v) is 6.70. The quantitative estimate of drug-likeness (QED) is 0.726. The van der Waals surface area contributed by atoms with E-state index in [0.29, 0.717) is 25.2 Å². The van der Waals surface area contributed by atoms with Crippen molar-refractivity contribution in [2.75, 3.05) is 5.32 Å². The van der Waals surface area contributed by atoms with Crippen molar-refractivity contribution in [2.45, 2.75) is 39.4 Å². The van der Waals surface area contributed by atoms with Gasteiger partial charge in [0.1, 0.15) is 10.5 Å². The lowest BCUT2D eigenvalue weighted by Crippen LogP contribution is -2.06. The summed E-state index contributed by atoms with van der Waals surface area (Å²) in [6, 6.07) is 2.00. The van der Waals surface area contributed by atoms with Crippen molar-refractivity contribution >= 4 is 34.3 Å². The number of alkyl halides is 1. The lowest BCUT2D eigenvalue weighted by atomic mass is 10.1. The van der Waals surface area contributed by atoms with E-state index < -0.39 is 6.17 Å². The molecule has 5 nitrogen and oxygen atoms in total. The Morgan fingerprint density at radius 1 is 1.48 bits per heavy atom. The second-order valence-electron chi connectivity index (χ2n) is 5.38. The minimum Gasteiger partial charge on any atom is -0.362 e. The van der Waals surface area contributed by atoms with E-state index in [1.54, 1.807) is 29.0 Å². The number of thiazole rings is 1. The number of anilines is 1. The number of aromatic nitrogens is 4. The molecule has 1 N–H and O–H groups in total. The fraction of sp³-hybridized carbons (Fsp3) is 0.400. The first kappa shape index (κ1) is 16.1. The third-order valence-electron chi connectivity index (χ3n) is 3.65. The van der Waals surface area contributed by atoms with Crippen LogP contribution in [0.25, 0.3) is 5.52 Å². The molecule has 0 aliphatic carbocycles. The lowest BCUT2D eigenvalue weighted by molar-refractivity contribution is 0.341. The van der Waals surface area contributed by atoms with Gasteiger partial charge in [-0.2, -0.15) is 4.98 Å². The molecule has 23 heavy (non-hydrogen) atoms. The maximum absolute atomic E-state index is 13.1. The number of nitrogens with one attached hydrogen (secondary N) is 1. The first-order valence-corrected chi connectivity index (χ1v) is 8.61. The molecule has 0 amide bonds. The van der Waals surface area contributed by atoms with Gasteiger partial charge in [-0.15, -0.1) is 16.4 Å². The Morgan fingerprint density at radius 3 is 3.00 bits per heavy atom. The van der Waals surface area contributed by atoms with Crippen LogP contribution in [0.3, 0.4) is 0 Å². The van der Waals surface area contributed by atoms with Crippen LogP contribution >= 0.6 is 22.9 Å². The van der Waals surface area contributed by atoms with Gasteiger partial charge in [-0.1, -0.05) is 0 Å². The van der Waals surface area contributed by atoms with Crippen LogP contribution in [0.2, 0.25) is 5.28 Å². The van der Waals surface area contributed by atoms with E-state index in [1.807, 2.05) is 18.4 Å². The average Bonchev–Trinajstić information content (AvgIpc) is 3.12. The second kappa shape index (κ2) is 6.80. The number of hydrogen-bond acceptors (Lipinski definition) is 5. The van der Waals surface area contributed by atoms with Crippen molar-refractivity contribution in [3.8, 4) is 0 Å². The molecule has 0 saturated carbocycles. The average molecular weight is 354 g/mol. The summed E-state index contributed by atoms with van der Waals surface area (Å²) in [4.78, 5) is 8.51. The Labute approximate surface area is 142 Å². The standard InChI is InChI=1S/C15H17ClFN5S/c1-9(17)3-4-11-7-12-14(19-8-13-18-5-6-23-13)20-15(16)21-22(12)10(11)2/h5-7,9H,3-4,8H2,1-2H3,(H,19,20,21).